The van der Waals surface area contributed by atoms with Gasteiger partial charge in [-0.15, -0.1) is 0 Å². The molecule has 5 aromatic rings. The van der Waals surface area contributed by atoms with Crippen molar-refractivity contribution >= 4 is 11.6 Å². The van der Waals surface area contributed by atoms with E-state index >= 15 is 0 Å². The fraction of sp³-hybridized carbons (Fsp3) is 0.118. The summed E-state index contributed by atoms with van der Waals surface area (Å²) in [5, 5.41) is 25.6. The molecule has 1 amide bonds. The molecule has 2 N–H and O–H groups in total. The van der Waals surface area contributed by atoms with Gasteiger partial charge in [0.2, 0.25) is 0 Å². The SMILES string of the molecule is COc1ccc(-n2c3c(c(-c4cc(F)ccc4O)c(-c4ccc([N+](=O)[O-])cc4)c2=O)C(c2c(C)cccc2C)NC3=O)cc1. The molecular formula is C34H26FN3O6. The fourth-order valence-electron chi connectivity index (χ4n) is 5.95. The van der Waals surface area contributed by atoms with E-state index in [0.717, 1.165) is 28.8 Å². The number of halogens is 1. The van der Waals surface area contributed by atoms with Gasteiger partial charge in [-0.1, -0.05) is 18.2 Å². The summed E-state index contributed by atoms with van der Waals surface area (Å²) in [6.45, 7) is 3.81. The maximum Gasteiger partial charge on any atom is 0.269 e. The minimum Gasteiger partial charge on any atom is -0.507 e. The summed E-state index contributed by atoms with van der Waals surface area (Å²) in [4.78, 5) is 39.5. The summed E-state index contributed by atoms with van der Waals surface area (Å²) in [6.07, 6.45) is 0. The van der Waals surface area contributed by atoms with Crippen LogP contribution in [-0.4, -0.2) is 27.6 Å². The summed E-state index contributed by atoms with van der Waals surface area (Å²) >= 11 is 0. The van der Waals surface area contributed by atoms with Gasteiger partial charge in [-0.2, -0.15) is 0 Å². The van der Waals surface area contributed by atoms with Gasteiger partial charge >= 0.3 is 0 Å². The number of carbonyl (C=O) groups is 1. The summed E-state index contributed by atoms with van der Waals surface area (Å²) in [5.41, 5.74) is 2.90. The number of nitro benzene ring substituents is 1. The average molecular weight is 592 g/mol. The molecule has 2 heterocycles. The summed E-state index contributed by atoms with van der Waals surface area (Å²) in [6, 6.07) is 20.3. The number of amides is 1. The lowest BCUT2D eigenvalue weighted by Crippen LogP contribution is -2.28. The molecule has 44 heavy (non-hydrogen) atoms. The highest BCUT2D eigenvalue weighted by atomic mass is 19.1. The number of fused-ring (bicyclic) bond motifs is 1. The van der Waals surface area contributed by atoms with Crippen LogP contribution in [0.5, 0.6) is 11.5 Å². The first-order chi connectivity index (χ1) is 21.1. The van der Waals surface area contributed by atoms with Crippen molar-refractivity contribution in [3.8, 4) is 39.4 Å². The Morgan fingerprint density at radius 1 is 0.909 bits per heavy atom. The predicted molar refractivity (Wildman–Crippen MR) is 163 cm³/mol. The second-order valence-electron chi connectivity index (χ2n) is 10.5. The number of rotatable bonds is 6. The van der Waals surface area contributed by atoms with Crippen LogP contribution in [-0.2, 0) is 0 Å². The van der Waals surface area contributed by atoms with Gasteiger partial charge in [-0.3, -0.25) is 24.3 Å². The number of ether oxygens (including phenoxy) is 1. The molecule has 1 aliphatic heterocycles. The number of methoxy groups -OCH3 is 1. The third-order valence-electron chi connectivity index (χ3n) is 7.95. The van der Waals surface area contributed by atoms with Crippen molar-refractivity contribution in [2.24, 2.45) is 0 Å². The number of hydrogen-bond donors (Lipinski definition) is 2. The molecular weight excluding hydrogens is 565 g/mol. The average Bonchev–Trinajstić information content (AvgIpc) is 3.33. The molecule has 9 nitrogen and oxygen atoms in total. The molecule has 1 aliphatic rings. The van der Waals surface area contributed by atoms with Crippen molar-refractivity contribution in [3.63, 3.8) is 0 Å². The first-order valence-electron chi connectivity index (χ1n) is 13.7. The van der Waals surface area contributed by atoms with Crippen molar-refractivity contribution in [2.75, 3.05) is 7.11 Å². The first-order valence-corrected chi connectivity index (χ1v) is 13.7. The number of phenols is 1. The van der Waals surface area contributed by atoms with Crippen molar-refractivity contribution in [2.45, 2.75) is 19.9 Å². The van der Waals surface area contributed by atoms with E-state index in [1.165, 1.54) is 42.0 Å². The second-order valence-corrected chi connectivity index (χ2v) is 10.5. The number of nitro groups is 1. The van der Waals surface area contributed by atoms with Gasteiger partial charge in [-0.25, -0.2) is 4.39 Å². The molecule has 0 bridgehead atoms. The van der Waals surface area contributed by atoms with Crippen LogP contribution in [0.25, 0.3) is 27.9 Å². The van der Waals surface area contributed by atoms with Crippen molar-refractivity contribution in [3.05, 3.63) is 139 Å². The number of benzene rings is 4. The number of aromatic nitrogens is 1. The van der Waals surface area contributed by atoms with Crippen LogP contribution >= 0.6 is 0 Å². The van der Waals surface area contributed by atoms with Crippen LogP contribution in [0.3, 0.4) is 0 Å². The van der Waals surface area contributed by atoms with E-state index in [9.17, 15) is 29.2 Å². The minimum absolute atomic E-state index is 0.00122. The van der Waals surface area contributed by atoms with E-state index in [2.05, 4.69) is 5.32 Å². The Morgan fingerprint density at radius 2 is 1.57 bits per heavy atom. The van der Waals surface area contributed by atoms with Crippen LogP contribution in [0.1, 0.15) is 38.8 Å². The molecule has 4 aromatic carbocycles. The number of aryl methyl sites for hydroxylation is 2. The third kappa shape index (κ3) is 4.57. The van der Waals surface area contributed by atoms with E-state index in [-0.39, 0.29) is 39.4 Å². The zero-order valence-corrected chi connectivity index (χ0v) is 23.9. The number of phenolic OH excluding ortho intramolecular Hbond substituents is 1. The topological polar surface area (TPSA) is 124 Å². The zero-order chi connectivity index (χ0) is 31.3. The molecule has 0 fully saturated rings. The van der Waals surface area contributed by atoms with Gasteiger partial charge in [0.25, 0.3) is 17.2 Å². The quantitative estimate of drug-likeness (QED) is 0.174. The van der Waals surface area contributed by atoms with Gasteiger partial charge in [0.15, 0.2) is 0 Å². The predicted octanol–water partition coefficient (Wildman–Crippen LogP) is 6.38. The lowest BCUT2D eigenvalue weighted by Gasteiger charge is -2.24. The lowest BCUT2D eigenvalue weighted by molar-refractivity contribution is -0.384. The first kappa shape index (κ1) is 28.4. The third-order valence-corrected chi connectivity index (χ3v) is 7.95. The van der Waals surface area contributed by atoms with Crippen molar-refractivity contribution < 1.29 is 24.0 Å². The van der Waals surface area contributed by atoms with Crippen LogP contribution in [0, 0.1) is 29.8 Å². The van der Waals surface area contributed by atoms with Gasteiger partial charge in [0, 0.05) is 34.5 Å². The van der Waals surface area contributed by atoms with Crippen LogP contribution < -0.4 is 15.6 Å². The zero-order valence-electron chi connectivity index (χ0n) is 23.9. The Hall–Kier alpha value is -5.77. The Labute approximate surface area is 251 Å². The number of pyridine rings is 1. The molecule has 10 heteroatoms. The molecule has 1 atom stereocenters. The Kier molecular flexibility index (Phi) is 6.97. The minimum atomic E-state index is -0.779. The highest BCUT2D eigenvalue weighted by molar-refractivity contribution is 6.04. The standard InChI is InChI=1S/C34H26FN3O6/c1-18-5-4-6-19(2)27(18)31-30-29(25-17-21(35)9-16-26(25)39)28(20-7-10-23(11-8-20)38(42)43)34(41)37(32(30)33(40)36-31)22-12-14-24(44-3)15-13-22/h4-17,31,39H,1-3H3,(H,36,40). The van der Waals surface area contributed by atoms with Crippen molar-refractivity contribution in [1.82, 2.24) is 9.88 Å². The van der Waals surface area contributed by atoms with Gasteiger partial charge in [-0.05, 0) is 90.7 Å². The maximum atomic E-state index is 14.8. The normalized spacial score (nSPS) is 13.8. The molecule has 0 radical (unpaired) electrons. The lowest BCUT2D eigenvalue weighted by atomic mass is 9.84. The highest BCUT2D eigenvalue weighted by Crippen LogP contribution is 2.46. The Morgan fingerprint density at radius 3 is 2.18 bits per heavy atom. The van der Waals surface area contributed by atoms with Gasteiger partial charge in [0.1, 0.15) is 23.0 Å². The smallest absolute Gasteiger partial charge is 0.269 e. The number of nitrogens with zero attached hydrogens (tertiary/aromatic N) is 2. The Balaban J connectivity index is 1.82. The van der Waals surface area contributed by atoms with Gasteiger partial charge < -0.3 is 15.2 Å². The fourth-order valence-corrected chi connectivity index (χ4v) is 5.95. The van der Waals surface area contributed by atoms with Crippen molar-refractivity contribution in [1.29, 1.82) is 0 Å². The van der Waals surface area contributed by atoms with E-state index in [1.807, 2.05) is 32.0 Å². The summed E-state index contributed by atoms with van der Waals surface area (Å²) in [7, 11) is 1.51. The summed E-state index contributed by atoms with van der Waals surface area (Å²) in [5.74, 6) is -0.972. The highest BCUT2D eigenvalue weighted by Gasteiger charge is 2.40. The number of non-ortho nitro benzene ring substituents is 1. The van der Waals surface area contributed by atoms with Crippen LogP contribution in [0.15, 0.2) is 89.7 Å². The van der Waals surface area contributed by atoms with E-state index in [0.29, 0.717) is 17.0 Å². The number of carbonyl (C=O) groups excluding carboxylic acids is 1. The van der Waals surface area contributed by atoms with E-state index < -0.39 is 28.2 Å². The molecule has 0 saturated carbocycles. The van der Waals surface area contributed by atoms with Crippen LogP contribution in [0.4, 0.5) is 10.1 Å². The van der Waals surface area contributed by atoms with E-state index in [1.54, 1.807) is 24.3 Å². The van der Waals surface area contributed by atoms with Crippen LogP contribution in [0.2, 0.25) is 0 Å². The number of hydrogen-bond acceptors (Lipinski definition) is 6. The van der Waals surface area contributed by atoms with E-state index in [4.69, 9.17) is 4.74 Å². The molecule has 0 saturated heterocycles. The summed E-state index contributed by atoms with van der Waals surface area (Å²) < 4.78 is 21.4. The Bertz CT molecular complexity index is 2020. The monoisotopic (exact) mass is 591 g/mol. The second kappa shape index (κ2) is 10.8. The molecule has 0 aliphatic carbocycles. The number of aromatic hydroxyl groups is 1. The maximum absolute atomic E-state index is 14.8. The largest absolute Gasteiger partial charge is 0.507 e. The van der Waals surface area contributed by atoms with Gasteiger partial charge in [0.05, 0.1) is 23.6 Å². The molecule has 220 valence electrons. The molecule has 1 unspecified atom stereocenters. The molecule has 0 spiro atoms. The number of nitrogens with one attached hydrogen (secondary N) is 1. The molecule has 6 rings (SSSR count). The molecule has 1 aromatic heterocycles.